The van der Waals surface area contributed by atoms with Gasteiger partial charge in [0.1, 0.15) is 18.2 Å². The number of rotatable bonds is 2. The highest BCUT2D eigenvalue weighted by molar-refractivity contribution is 8.15. The Morgan fingerprint density at radius 2 is 1.95 bits per heavy atom. The van der Waals surface area contributed by atoms with E-state index in [-0.39, 0.29) is 4.21 Å². The summed E-state index contributed by atoms with van der Waals surface area (Å²) in [7, 11) is 1.61. The molecule has 0 atom stereocenters. The van der Waals surface area contributed by atoms with Gasteiger partial charge in [0, 0.05) is 16.2 Å². The van der Waals surface area contributed by atoms with Gasteiger partial charge in [-0.1, -0.05) is 0 Å². The minimum absolute atomic E-state index is 0.0732. The molecule has 5 nitrogen and oxygen atoms in total. The minimum Gasteiger partial charge on any atom is -0.486 e. The van der Waals surface area contributed by atoms with Crippen LogP contribution in [-0.4, -0.2) is 26.6 Å². The molecule has 0 amide bonds. The summed E-state index contributed by atoms with van der Waals surface area (Å²) >= 11 is 1.04. The van der Waals surface area contributed by atoms with E-state index in [2.05, 4.69) is 4.98 Å². The number of halogens is 1. The van der Waals surface area contributed by atoms with Crippen LogP contribution in [0.1, 0.15) is 5.69 Å². The zero-order valence-corrected chi connectivity index (χ0v) is 12.8. The second-order valence-corrected chi connectivity index (χ2v) is 7.95. The first-order valence-corrected chi connectivity index (χ1v) is 8.90. The van der Waals surface area contributed by atoms with Gasteiger partial charge >= 0.3 is 0 Å². The summed E-state index contributed by atoms with van der Waals surface area (Å²) in [6, 6.07) is 5.39. The van der Waals surface area contributed by atoms with Gasteiger partial charge in [-0.25, -0.2) is 13.4 Å². The molecule has 1 aromatic heterocycles. The number of nitrogens with zero attached hydrogens (tertiary/aromatic N) is 1. The molecule has 3 rings (SSSR count). The van der Waals surface area contributed by atoms with Crippen molar-refractivity contribution in [3.63, 3.8) is 0 Å². The van der Waals surface area contributed by atoms with Gasteiger partial charge in [-0.15, -0.1) is 11.3 Å². The van der Waals surface area contributed by atoms with Crippen LogP contribution < -0.4 is 9.47 Å². The summed E-state index contributed by atoms with van der Waals surface area (Å²) in [4.78, 5) is 4.25. The predicted molar refractivity (Wildman–Crippen MR) is 76.3 cm³/mol. The smallest absolute Gasteiger partial charge is 0.272 e. The largest absolute Gasteiger partial charge is 0.486 e. The van der Waals surface area contributed by atoms with Crippen LogP contribution in [0, 0.1) is 6.92 Å². The Kier molecular flexibility index (Phi) is 3.35. The first kappa shape index (κ1) is 13.7. The molecular weight excluding hydrogens is 322 g/mol. The van der Waals surface area contributed by atoms with Crippen LogP contribution >= 0.6 is 22.0 Å². The second kappa shape index (κ2) is 4.91. The molecule has 0 N–H and O–H groups in total. The fourth-order valence-corrected chi connectivity index (χ4v) is 4.36. The van der Waals surface area contributed by atoms with Gasteiger partial charge < -0.3 is 9.47 Å². The monoisotopic (exact) mass is 331 g/mol. The van der Waals surface area contributed by atoms with Crippen molar-refractivity contribution in [3.05, 3.63) is 23.9 Å². The van der Waals surface area contributed by atoms with Crippen molar-refractivity contribution in [1.29, 1.82) is 0 Å². The molecule has 0 spiro atoms. The molecule has 1 aromatic carbocycles. The van der Waals surface area contributed by atoms with Crippen LogP contribution in [0.2, 0.25) is 0 Å². The molecule has 0 bridgehead atoms. The number of thiazole rings is 1. The van der Waals surface area contributed by atoms with Crippen LogP contribution in [0.4, 0.5) is 0 Å². The molecule has 0 saturated carbocycles. The van der Waals surface area contributed by atoms with Crippen molar-refractivity contribution in [2.24, 2.45) is 0 Å². The summed E-state index contributed by atoms with van der Waals surface area (Å²) in [5, 5.41) is 0.582. The molecule has 2 aromatic rings. The average molecular weight is 332 g/mol. The highest BCUT2D eigenvalue weighted by Gasteiger charge is 2.21. The highest BCUT2D eigenvalue weighted by Crippen LogP contribution is 2.38. The maximum Gasteiger partial charge on any atom is 0.272 e. The molecule has 0 unspecified atom stereocenters. The maximum atomic E-state index is 11.4. The number of aromatic nitrogens is 1. The van der Waals surface area contributed by atoms with E-state index < -0.39 is 9.05 Å². The molecule has 1 aliphatic heterocycles. The van der Waals surface area contributed by atoms with Crippen LogP contribution in [0.3, 0.4) is 0 Å². The molecule has 0 fully saturated rings. The van der Waals surface area contributed by atoms with E-state index in [0.29, 0.717) is 35.4 Å². The van der Waals surface area contributed by atoms with Gasteiger partial charge in [-0.2, -0.15) is 0 Å². The number of hydrogen-bond donors (Lipinski definition) is 0. The third kappa shape index (κ3) is 2.48. The standard InChI is InChI=1S/C12H10ClNO4S2/c1-7-12(20(13,15)16)19-11(14-7)8-2-3-9-10(6-8)18-5-4-17-9/h2-3,6H,4-5H2,1H3. The van der Waals surface area contributed by atoms with Gasteiger partial charge in [0.25, 0.3) is 9.05 Å². The average Bonchev–Trinajstić information content (AvgIpc) is 2.80. The van der Waals surface area contributed by atoms with Gasteiger partial charge in [0.2, 0.25) is 0 Å². The van der Waals surface area contributed by atoms with E-state index in [1.807, 2.05) is 6.07 Å². The maximum absolute atomic E-state index is 11.4. The first-order valence-electron chi connectivity index (χ1n) is 5.77. The molecule has 1 aliphatic rings. The van der Waals surface area contributed by atoms with E-state index in [0.717, 1.165) is 16.9 Å². The van der Waals surface area contributed by atoms with Crippen molar-refractivity contribution >= 4 is 31.1 Å². The van der Waals surface area contributed by atoms with Crippen LogP contribution in [0.15, 0.2) is 22.4 Å². The number of ether oxygens (including phenoxy) is 2. The summed E-state index contributed by atoms with van der Waals surface area (Å²) in [6.45, 7) is 2.64. The summed E-state index contributed by atoms with van der Waals surface area (Å²) in [6.07, 6.45) is 0. The topological polar surface area (TPSA) is 65.5 Å². The van der Waals surface area contributed by atoms with E-state index in [1.54, 1.807) is 19.1 Å². The third-order valence-electron chi connectivity index (χ3n) is 2.76. The Hall–Kier alpha value is -1.31. The molecule has 0 radical (unpaired) electrons. The van der Waals surface area contributed by atoms with E-state index in [9.17, 15) is 8.42 Å². The second-order valence-electron chi connectivity index (χ2n) is 4.19. The number of aryl methyl sites for hydroxylation is 1. The number of hydrogen-bond acceptors (Lipinski definition) is 6. The lowest BCUT2D eigenvalue weighted by molar-refractivity contribution is 0.171. The molecular formula is C12H10ClNO4S2. The summed E-state index contributed by atoms with van der Waals surface area (Å²) in [5.41, 5.74) is 1.17. The van der Waals surface area contributed by atoms with Gasteiger partial charge in [0.15, 0.2) is 15.7 Å². The summed E-state index contributed by atoms with van der Waals surface area (Å²) < 4.78 is 33.9. The molecule has 0 aliphatic carbocycles. The predicted octanol–water partition coefficient (Wildman–Crippen LogP) is 2.82. The van der Waals surface area contributed by atoms with E-state index >= 15 is 0 Å². The molecule has 106 valence electrons. The van der Waals surface area contributed by atoms with Crippen LogP contribution in [-0.2, 0) is 9.05 Å². The molecule has 2 heterocycles. The minimum atomic E-state index is -3.77. The van der Waals surface area contributed by atoms with Gasteiger partial charge in [0.05, 0.1) is 5.69 Å². The lowest BCUT2D eigenvalue weighted by Crippen LogP contribution is -2.15. The van der Waals surface area contributed by atoms with Crippen molar-refractivity contribution in [2.45, 2.75) is 11.1 Å². The first-order chi connectivity index (χ1) is 9.45. The van der Waals surface area contributed by atoms with Crippen molar-refractivity contribution in [2.75, 3.05) is 13.2 Å². The van der Waals surface area contributed by atoms with Gasteiger partial charge in [-0.05, 0) is 25.1 Å². The van der Waals surface area contributed by atoms with Crippen molar-refractivity contribution in [1.82, 2.24) is 4.98 Å². The quantitative estimate of drug-likeness (QED) is 0.792. The third-order valence-corrected chi connectivity index (χ3v) is 6.15. The SMILES string of the molecule is Cc1nc(-c2ccc3c(c2)OCCO3)sc1S(=O)(=O)Cl. The fourth-order valence-electron chi connectivity index (χ4n) is 1.91. The lowest BCUT2D eigenvalue weighted by atomic mass is 10.2. The zero-order valence-electron chi connectivity index (χ0n) is 10.4. The lowest BCUT2D eigenvalue weighted by Gasteiger charge is -2.18. The van der Waals surface area contributed by atoms with Crippen LogP contribution in [0.5, 0.6) is 11.5 Å². The highest BCUT2D eigenvalue weighted by atomic mass is 35.7. The Morgan fingerprint density at radius 1 is 1.25 bits per heavy atom. The van der Waals surface area contributed by atoms with E-state index in [4.69, 9.17) is 20.2 Å². The Labute approximate surface area is 124 Å². The molecule has 0 saturated heterocycles. The Bertz CT molecular complexity index is 770. The molecule has 8 heteroatoms. The van der Waals surface area contributed by atoms with Crippen molar-refractivity contribution in [3.8, 4) is 22.1 Å². The number of benzene rings is 1. The Morgan fingerprint density at radius 3 is 2.60 bits per heavy atom. The van der Waals surface area contributed by atoms with Gasteiger partial charge in [-0.3, -0.25) is 0 Å². The summed E-state index contributed by atoms with van der Waals surface area (Å²) in [5.74, 6) is 1.32. The van der Waals surface area contributed by atoms with E-state index in [1.165, 1.54) is 0 Å². The zero-order chi connectivity index (χ0) is 14.3. The fraction of sp³-hybridized carbons (Fsp3) is 0.250. The Balaban J connectivity index is 2.06. The number of fused-ring (bicyclic) bond motifs is 1. The molecule has 20 heavy (non-hydrogen) atoms. The van der Waals surface area contributed by atoms with Crippen LogP contribution in [0.25, 0.3) is 10.6 Å². The normalized spacial score (nSPS) is 14.3. The van der Waals surface area contributed by atoms with Crippen molar-refractivity contribution < 1.29 is 17.9 Å².